The van der Waals surface area contributed by atoms with Crippen LogP contribution in [-0.2, 0) is 12.1 Å². The van der Waals surface area contributed by atoms with Crippen molar-refractivity contribution in [3.05, 3.63) is 71.6 Å². The van der Waals surface area contributed by atoms with E-state index < -0.39 is 46.3 Å². The van der Waals surface area contributed by atoms with E-state index in [1.165, 1.54) is 0 Å². The Balaban J connectivity index is 1.43. The van der Waals surface area contributed by atoms with Gasteiger partial charge in [-0.25, -0.2) is 22.2 Å². The standard InChI is InChI=1S/C22H17F4N5O2/c23-15-3-6-17(18(24)7-15)21(32,12-31-13-28-29-30-31)22(25,26)19-9-20(10-19,11-19)33-16-4-1-14(8-27)2-5-16/h1-7,13,32H,9-12H2/t19?,20?,21-/m0/s1. The number of ether oxygens (including phenoxy) is 1. The molecule has 3 saturated carbocycles. The Morgan fingerprint density at radius 1 is 1.12 bits per heavy atom. The van der Waals surface area contributed by atoms with E-state index in [1.54, 1.807) is 24.3 Å². The van der Waals surface area contributed by atoms with E-state index in [1.807, 2.05) is 6.07 Å². The van der Waals surface area contributed by atoms with Gasteiger partial charge in [-0.3, -0.25) is 0 Å². The minimum Gasteiger partial charge on any atom is -0.487 e. The molecule has 3 aliphatic carbocycles. The number of nitrogens with zero attached hydrogens (tertiary/aromatic N) is 5. The van der Waals surface area contributed by atoms with Gasteiger partial charge in [-0.15, -0.1) is 5.10 Å². The maximum atomic E-state index is 16.0. The van der Waals surface area contributed by atoms with Crippen molar-refractivity contribution in [2.24, 2.45) is 5.41 Å². The van der Waals surface area contributed by atoms with Gasteiger partial charge in [-0.1, -0.05) is 0 Å². The summed E-state index contributed by atoms with van der Waals surface area (Å²) in [5.74, 6) is -5.62. The van der Waals surface area contributed by atoms with Crippen molar-refractivity contribution in [2.45, 2.75) is 42.9 Å². The van der Waals surface area contributed by atoms with Crippen molar-refractivity contribution in [1.82, 2.24) is 20.2 Å². The zero-order chi connectivity index (χ0) is 23.5. The van der Waals surface area contributed by atoms with Crippen molar-refractivity contribution < 1.29 is 27.4 Å². The Kier molecular flexibility index (Phi) is 4.52. The lowest BCUT2D eigenvalue weighted by Crippen LogP contribution is -2.79. The number of halogens is 4. The van der Waals surface area contributed by atoms with E-state index in [-0.39, 0.29) is 19.3 Å². The predicted molar refractivity (Wildman–Crippen MR) is 104 cm³/mol. The van der Waals surface area contributed by atoms with E-state index in [2.05, 4.69) is 15.5 Å². The number of aliphatic hydroxyl groups is 1. The molecule has 1 heterocycles. The van der Waals surface area contributed by atoms with Crippen LogP contribution in [0.15, 0.2) is 48.8 Å². The Bertz CT molecular complexity index is 1220. The molecule has 6 rings (SSSR count). The molecule has 0 unspecified atom stereocenters. The van der Waals surface area contributed by atoms with Gasteiger partial charge in [0.25, 0.3) is 5.92 Å². The maximum absolute atomic E-state index is 16.0. The van der Waals surface area contributed by atoms with E-state index in [0.29, 0.717) is 17.4 Å². The fourth-order valence-corrected chi connectivity index (χ4v) is 5.09. The van der Waals surface area contributed by atoms with Crippen LogP contribution in [0, 0.1) is 28.4 Å². The highest BCUT2D eigenvalue weighted by atomic mass is 19.3. The minimum absolute atomic E-state index is 0.0618. The summed E-state index contributed by atoms with van der Waals surface area (Å²) in [6, 6.07) is 10.4. The molecule has 1 atom stereocenters. The Morgan fingerprint density at radius 3 is 2.39 bits per heavy atom. The highest BCUT2D eigenvalue weighted by molar-refractivity contribution is 5.38. The van der Waals surface area contributed by atoms with Gasteiger partial charge >= 0.3 is 0 Å². The molecule has 11 heteroatoms. The molecular formula is C22H17F4N5O2. The Morgan fingerprint density at radius 2 is 1.82 bits per heavy atom. The molecule has 2 aromatic carbocycles. The van der Waals surface area contributed by atoms with Gasteiger partial charge in [-0.2, -0.15) is 5.26 Å². The Labute approximate surface area is 185 Å². The Hall–Kier alpha value is -3.52. The molecule has 1 aromatic heterocycles. The van der Waals surface area contributed by atoms with E-state index in [0.717, 1.165) is 23.1 Å². The van der Waals surface area contributed by atoms with E-state index >= 15 is 8.78 Å². The number of aromatic nitrogens is 4. The summed E-state index contributed by atoms with van der Waals surface area (Å²) in [6.07, 6.45) is 0.842. The largest absolute Gasteiger partial charge is 0.487 e. The van der Waals surface area contributed by atoms with Gasteiger partial charge < -0.3 is 9.84 Å². The number of nitriles is 1. The average Bonchev–Trinajstić information content (AvgIpc) is 3.22. The third kappa shape index (κ3) is 3.08. The third-order valence-electron chi connectivity index (χ3n) is 6.64. The molecule has 0 spiro atoms. The second-order valence-corrected chi connectivity index (χ2v) is 8.80. The highest BCUT2D eigenvalue weighted by Gasteiger charge is 2.83. The van der Waals surface area contributed by atoms with E-state index in [9.17, 15) is 13.9 Å². The van der Waals surface area contributed by atoms with Crippen LogP contribution in [0.2, 0.25) is 0 Å². The second kappa shape index (κ2) is 6.99. The monoisotopic (exact) mass is 459 g/mol. The van der Waals surface area contributed by atoms with Crippen LogP contribution in [0.4, 0.5) is 17.6 Å². The van der Waals surface area contributed by atoms with Crippen LogP contribution < -0.4 is 4.74 Å². The lowest BCUT2D eigenvalue weighted by molar-refractivity contribution is -0.378. The number of benzene rings is 2. The number of hydrogen-bond donors (Lipinski definition) is 1. The number of tetrazole rings is 1. The summed E-state index contributed by atoms with van der Waals surface area (Å²) in [7, 11) is 0. The summed E-state index contributed by atoms with van der Waals surface area (Å²) in [4.78, 5) is 0. The van der Waals surface area contributed by atoms with Crippen LogP contribution in [-0.4, -0.2) is 36.8 Å². The van der Waals surface area contributed by atoms with Crippen LogP contribution in [0.25, 0.3) is 0 Å². The predicted octanol–water partition coefficient (Wildman–Crippen LogP) is 3.35. The zero-order valence-electron chi connectivity index (χ0n) is 17.1. The molecule has 2 bridgehead atoms. The minimum atomic E-state index is -3.82. The summed E-state index contributed by atoms with van der Waals surface area (Å²) in [5.41, 5.74) is -5.80. The fraction of sp³-hybridized carbons (Fsp3) is 0.364. The normalized spacial score (nSPS) is 25.3. The smallest absolute Gasteiger partial charge is 0.288 e. The maximum Gasteiger partial charge on any atom is 0.288 e. The van der Waals surface area contributed by atoms with Gasteiger partial charge in [0, 0.05) is 17.0 Å². The number of rotatable bonds is 7. The number of alkyl halides is 2. The number of hydrogen-bond acceptors (Lipinski definition) is 6. The third-order valence-corrected chi connectivity index (χ3v) is 6.64. The van der Waals surface area contributed by atoms with Crippen LogP contribution in [0.3, 0.4) is 0 Å². The van der Waals surface area contributed by atoms with Crippen LogP contribution in [0.1, 0.15) is 30.4 Å². The zero-order valence-corrected chi connectivity index (χ0v) is 17.1. The second-order valence-electron chi connectivity index (χ2n) is 8.80. The first-order valence-corrected chi connectivity index (χ1v) is 10.1. The molecule has 3 fully saturated rings. The van der Waals surface area contributed by atoms with Crippen LogP contribution >= 0.6 is 0 Å². The quantitative estimate of drug-likeness (QED) is 0.545. The van der Waals surface area contributed by atoms with Crippen molar-refractivity contribution >= 4 is 0 Å². The molecule has 3 aliphatic rings. The lowest BCUT2D eigenvalue weighted by Gasteiger charge is -2.72. The molecule has 0 saturated heterocycles. The van der Waals surface area contributed by atoms with Crippen molar-refractivity contribution in [1.29, 1.82) is 5.26 Å². The average molecular weight is 459 g/mol. The molecule has 0 amide bonds. The molecule has 1 N–H and O–H groups in total. The molecule has 3 aromatic rings. The van der Waals surface area contributed by atoms with Gasteiger partial charge in [-0.05, 0) is 66.1 Å². The van der Waals surface area contributed by atoms with Crippen LogP contribution in [0.5, 0.6) is 5.75 Å². The summed E-state index contributed by atoms with van der Waals surface area (Å²) < 4.78 is 66.9. The first-order chi connectivity index (χ1) is 15.6. The summed E-state index contributed by atoms with van der Waals surface area (Å²) in [5, 5.41) is 30.5. The highest BCUT2D eigenvalue weighted by Crippen LogP contribution is 2.76. The molecule has 0 aliphatic heterocycles. The van der Waals surface area contributed by atoms with Crippen molar-refractivity contribution in [2.75, 3.05) is 0 Å². The summed E-state index contributed by atoms with van der Waals surface area (Å²) >= 11 is 0. The van der Waals surface area contributed by atoms with Gasteiger partial charge in [0.2, 0.25) is 0 Å². The van der Waals surface area contributed by atoms with E-state index in [4.69, 9.17) is 10.00 Å². The molecule has 170 valence electrons. The van der Waals surface area contributed by atoms with Gasteiger partial charge in [0.1, 0.15) is 29.3 Å². The molecule has 33 heavy (non-hydrogen) atoms. The SMILES string of the molecule is N#Cc1ccc(OC23CC(C(F)(F)[C@](O)(Cn4cnnn4)c4ccc(F)cc4F)(C2)C3)cc1. The first-order valence-electron chi connectivity index (χ1n) is 10.1. The van der Waals surface area contributed by atoms with Gasteiger partial charge in [0.05, 0.1) is 18.2 Å². The van der Waals surface area contributed by atoms with Crippen molar-refractivity contribution in [3.8, 4) is 11.8 Å². The van der Waals surface area contributed by atoms with Crippen molar-refractivity contribution in [3.63, 3.8) is 0 Å². The molecule has 0 radical (unpaired) electrons. The summed E-state index contributed by atoms with van der Waals surface area (Å²) in [6.45, 7) is -0.833. The lowest BCUT2D eigenvalue weighted by atomic mass is 9.37. The molecular weight excluding hydrogens is 442 g/mol. The fourth-order valence-electron chi connectivity index (χ4n) is 5.09. The topological polar surface area (TPSA) is 96.8 Å². The molecule has 7 nitrogen and oxygen atoms in total. The first kappa shape index (κ1) is 21.3. The van der Waals surface area contributed by atoms with Gasteiger partial charge in [0.15, 0.2) is 5.60 Å².